The fourth-order valence-electron chi connectivity index (χ4n) is 3.42. The van der Waals surface area contributed by atoms with Crippen molar-refractivity contribution in [2.24, 2.45) is 22.5 Å². The van der Waals surface area contributed by atoms with Crippen molar-refractivity contribution in [2.75, 3.05) is 13.2 Å². The molecular formula is C21H34N2O5. The fourth-order valence-corrected chi connectivity index (χ4v) is 3.42. The number of hydrogen-bond donors (Lipinski definition) is 1. The summed E-state index contributed by atoms with van der Waals surface area (Å²) in [5.74, 6) is -1.23. The smallest absolute Gasteiger partial charge is 0.253 e. The van der Waals surface area contributed by atoms with E-state index < -0.39 is 0 Å². The maximum atomic E-state index is 12.7. The van der Waals surface area contributed by atoms with Crippen molar-refractivity contribution in [3.05, 3.63) is 12.2 Å². The van der Waals surface area contributed by atoms with Gasteiger partial charge in [0.1, 0.15) is 5.78 Å². The highest BCUT2D eigenvalue weighted by molar-refractivity contribution is 6.13. The summed E-state index contributed by atoms with van der Waals surface area (Å²) in [5.41, 5.74) is 4.54. The third-order valence-electron chi connectivity index (χ3n) is 4.82. The summed E-state index contributed by atoms with van der Waals surface area (Å²) < 4.78 is 5.77. The van der Waals surface area contributed by atoms with Crippen molar-refractivity contribution in [3.8, 4) is 0 Å². The molecule has 0 saturated heterocycles. The van der Waals surface area contributed by atoms with Crippen molar-refractivity contribution in [1.29, 1.82) is 0 Å². The van der Waals surface area contributed by atoms with Gasteiger partial charge in [-0.25, -0.2) is 0 Å². The molecule has 1 aliphatic heterocycles. The van der Waals surface area contributed by atoms with Gasteiger partial charge in [0, 0.05) is 37.0 Å². The number of carbonyl (C=O) groups excluding carboxylic acids is 4. The number of carbonyl (C=O) groups is 4. The number of primary amides is 1. The van der Waals surface area contributed by atoms with Gasteiger partial charge in [-0.2, -0.15) is 0 Å². The third-order valence-corrected chi connectivity index (χ3v) is 4.82. The molecule has 2 N–H and O–H groups in total. The van der Waals surface area contributed by atoms with E-state index in [-0.39, 0.29) is 52.7 Å². The van der Waals surface area contributed by atoms with Gasteiger partial charge in [0.25, 0.3) is 11.8 Å². The van der Waals surface area contributed by atoms with Gasteiger partial charge in [-0.15, -0.1) is 0 Å². The van der Waals surface area contributed by atoms with Crippen molar-refractivity contribution < 1.29 is 23.9 Å². The molecule has 7 nitrogen and oxygen atoms in total. The number of amides is 3. The molecule has 2 atom stereocenters. The number of ether oxygens (including phenoxy) is 1. The van der Waals surface area contributed by atoms with Gasteiger partial charge >= 0.3 is 0 Å². The molecule has 28 heavy (non-hydrogen) atoms. The molecule has 158 valence electrons. The Morgan fingerprint density at radius 1 is 1.00 bits per heavy atom. The van der Waals surface area contributed by atoms with Crippen LogP contribution < -0.4 is 5.73 Å². The zero-order valence-electron chi connectivity index (χ0n) is 17.9. The van der Waals surface area contributed by atoms with E-state index in [1.165, 1.54) is 17.1 Å². The second-order valence-corrected chi connectivity index (χ2v) is 9.47. The molecule has 0 saturated carbocycles. The van der Waals surface area contributed by atoms with E-state index in [0.29, 0.717) is 26.1 Å². The van der Waals surface area contributed by atoms with E-state index in [1.54, 1.807) is 6.92 Å². The Morgan fingerprint density at radius 2 is 1.46 bits per heavy atom. The molecule has 0 aromatic rings. The SMILES string of the molecule is CC(CC(C)N1C(=O)C=CC1=O)C(=O)CC(C)(C)COCC(C)(C)CC(N)=O. The highest BCUT2D eigenvalue weighted by atomic mass is 16.5. The van der Waals surface area contributed by atoms with E-state index in [1.807, 2.05) is 34.6 Å². The zero-order chi connectivity index (χ0) is 21.7. The average Bonchev–Trinajstić information content (AvgIpc) is 2.83. The molecule has 0 radical (unpaired) electrons. The normalized spacial score (nSPS) is 17.1. The molecule has 0 spiro atoms. The van der Waals surface area contributed by atoms with Crippen LogP contribution in [-0.4, -0.2) is 47.7 Å². The van der Waals surface area contributed by atoms with Gasteiger partial charge in [0.15, 0.2) is 0 Å². The highest BCUT2D eigenvalue weighted by Crippen LogP contribution is 2.27. The molecule has 0 aromatic heterocycles. The summed E-state index contributed by atoms with van der Waals surface area (Å²) in [6.07, 6.45) is 3.51. The Hall–Kier alpha value is -2.02. The van der Waals surface area contributed by atoms with Gasteiger partial charge in [0.05, 0.1) is 13.2 Å². The summed E-state index contributed by atoms with van der Waals surface area (Å²) in [5, 5.41) is 0. The first-order valence-corrected chi connectivity index (χ1v) is 9.68. The first kappa shape index (κ1) is 24.0. The number of nitrogens with two attached hydrogens (primary N) is 1. The van der Waals surface area contributed by atoms with E-state index in [4.69, 9.17) is 10.5 Å². The third kappa shape index (κ3) is 7.54. The number of Topliss-reactive ketones (excluding diaryl/α,β-unsaturated/α-hetero) is 1. The monoisotopic (exact) mass is 394 g/mol. The van der Waals surface area contributed by atoms with Gasteiger partial charge < -0.3 is 10.5 Å². The lowest BCUT2D eigenvalue weighted by molar-refractivity contribution is -0.140. The van der Waals surface area contributed by atoms with Crippen LogP contribution in [0.4, 0.5) is 0 Å². The zero-order valence-corrected chi connectivity index (χ0v) is 17.9. The largest absolute Gasteiger partial charge is 0.380 e. The van der Waals surface area contributed by atoms with Crippen LogP contribution in [0.15, 0.2) is 12.2 Å². The van der Waals surface area contributed by atoms with E-state index in [2.05, 4.69) is 0 Å². The Labute approximate surface area is 167 Å². The number of imide groups is 1. The Balaban J connectivity index is 2.49. The summed E-state index contributed by atoms with van der Waals surface area (Å²) in [4.78, 5) is 48.5. The Bertz CT molecular complexity index is 633. The predicted molar refractivity (Wildman–Crippen MR) is 106 cm³/mol. The molecule has 0 fully saturated rings. The van der Waals surface area contributed by atoms with Crippen molar-refractivity contribution in [1.82, 2.24) is 4.90 Å². The molecular weight excluding hydrogens is 360 g/mol. The van der Waals surface area contributed by atoms with Gasteiger partial charge in [-0.3, -0.25) is 24.1 Å². The maximum Gasteiger partial charge on any atom is 0.253 e. The second kappa shape index (κ2) is 9.45. The van der Waals surface area contributed by atoms with Gasteiger partial charge in [0.2, 0.25) is 5.91 Å². The molecule has 3 amide bonds. The minimum absolute atomic E-state index is 0.0731. The number of rotatable bonds is 12. The van der Waals surface area contributed by atoms with Crippen LogP contribution in [0.5, 0.6) is 0 Å². The lowest BCUT2D eigenvalue weighted by atomic mass is 9.83. The molecule has 0 aliphatic carbocycles. The highest BCUT2D eigenvalue weighted by Gasteiger charge is 2.32. The molecule has 1 rings (SSSR count). The molecule has 2 unspecified atom stereocenters. The van der Waals surface area contributed by atoms with Crippen molar-refractivity contribution in [2.45, 2.75) is 66.8 Å². The summed E-state index contributed by atoms with van der Waals surface area (Å²) >= 11 is 0. The van der Waals surface area contributed by atoms with E-state index >= 15 is 0 Å². The molecule has 1 heterocycles. The fraction of sp³-hybridized carbons (Fsp3) is 0.714. The summed E-state index contributed by atoms with van der Waals surface area (Å²) in [6, 6.07) is -0.331. The van der Waals surface area contributed by atoms with Crippen LogP contribution in [0, 0.1) is 16.7 Å². The van der Waals surface area contributed by atoms with Gasteiger partial charge in [-0.1, -0.05) is 34.6 Å². The lowest BCUT2D eigenvalue weighted by Gasteiger charge is -2.30. The van der Waals surface area contributed by atoms with Crippen LogP contribution in [0.25, 0.3) is 0 Å². The van der Waals surface area contributed by atoms with E-state index in [0.717, 1.165) is 0 Å². The standard InChI is InChI=1S/C21H34N2O5/c1-14(9-15(2)23-18(26)7-8-19(23)27)16(24)10-20(3,4)12-28-13-21(5,6)11-17(22)25/h7-8,14-15H,9-13H2,1-6H3,(H2,22,25). The first-order chi connectivity index (χ1) is 12.7. The maximum absolute atomic E-state index is 12.7. The summed E-state index contributed by atoms with van der Waals surface area (Å²) in [7, 11) is 0. The number of nitrogens with zero attached hydrogens (tertiary/aromatic N) is 1. The number of ketones is 1. The Kier molecular flexibility index (Phi) is 8.11. The van der Waals surface area contributed by atoms with E-state index in [9.17, 15) is 19.2 Å². The topological polar surface area (TPSA) is 107 Å². The van der Waals surface area contributed by atoms with Crippen LogP contribution >= 0.6 is 0 Å². The minimum atomic E-state index is -0.365. The predicted octanol–water partition coefficient (Wildman–Crippen LogP) is 2.23. The second-order valence-electron chi connectivity index (χ2n) is 9.47. The molecule has 0 aromatic carbocycles. The lowest BCUT2D eigenvalue weighted by Crippen LogP contribution is -2.40. The van der Waals surface area contributed by atoms with Crippen LogP contribution in [0.3, 0.4) is 0 Å². The molecule has 1 aliphatic rings. The van der Waals surface area contributed by atoms with Crippen LogP contribution in [0.2, 0.25) is 0 Å². The minimum Gasteiger partial charge on any atom is -0.380 e. The molecule has 0 bridgehead atoms. The van der Waals surface area contributed by atoms with Crippen LogP contribution in [-0.2, 0) is 23.9 Å². The van der Waals surface area contributed by atoms with Crippen molar-refractivity contribution >= 4 is 23.5 Å². The Morgan fingerprint density at radius 3 is 1.93 bits per heavy atom. The average molecular weight is 395 g/mol. The molecule has 7 heteroatoms. The van der Waals surface area contributed by atoms with Gasteiger partial charge in [-0.05, 0) is 24.2 Å². The summed E-state index contributed by atoms with van der Waals surface area (Å²) in [6.45, 7) is 12.1. The van der Waals surface area contributed by atoms with Crippen LogP contribution in [0.1, 0.15) is 60.8 Å². The quantitative estimate of drug-likeness (QED) is 0.511. The van der Waals surface area contributed by atoms with Crippen molar-refractivity contribution in [3.63, 3.8) is 0 Å². The first-order valence-electron chi connectivity index (χ1n) is 9.68. The number of hydrogen-bond acceptors (Lipinski definition) is 5.